The van der Waals surface area contributed by atoms with Crippen molar-refractivity contribution in [3.8, 4) is 0 Å². The van der Waals surface area contributed by atoms with E-state index < -0.39 is 17.2 Å². The predicted molar refractivity (Wildman–Crippen MR) is 93.2 cm³/mol. The Morgan fingerprint density at radius 1 is 1.00 bits per heavy atom. The smallest absolute Gasteiger partial charge is 0.416 e. The van der Waals surface area contributed by atoms with Crippen LogP contribution in [0.15, 0.2) is 33.5 Å². The number of amides is 2. The summed E-state index contributed by atoms with van der Waals surface area (Å²) in [4.78, 5) is 38.4. The third-order valence-electron chi connectivity index (χ3n) is 5.74. The first-order chi connectivity index (χ1) is 13.2. The van der Waals surface area contributed by atoms with Gasteiger partial charge in [0.2, 0.25) is 11.8 Å². The largest absolute Gasteiger partial charge is 0.459 e. The quantitative estimate of drug-likeness (QED) is 0.723. The van der Waals surface area contributed by atoms with Gasteiger partial charge in [0.15, 0.2) is 5.43 Å². The van der Waals surface area contributed by atoms with E-state index in [4.69, 9.17) is 4.42 Å². The van der Waals surface area contributed by atoms with E-state index in [0.717, 1.165) is 54.8 Å². The van der Waals surface area contributed by atoms with E-state index in [1.54, 1.807) is 0 Å². The molecule has 0 unspecified atom stereocenters. The van der Waals surface area contributed by atoms with Crippen LogP contribution < -0.4 is 5.43 Å². The zero-order valence-corrected chi connectivity index (χ0v) is 15.0. The molecule has 2 heterocycles. The Labute approximate surface area is 158 Å². The summed E-state index contributed by atoms with van der Waals surface area (Å²) in [7, 11) is 0. The SMILES string of the molecule is O=C1CC2(CCCC2)CC(=O)N1Cc1cc(=O)c2ccc(C(F)(F)F)cc2o1. The monoisotopic (exact) mass is 393 g/mol. The number of hydrogen-bond acceptors (Lipinski definition) is 4. The highest BCUT2D eigenvalue weighted by Crippen LogP contribution is 2.47. The van der Waals surface area contributed by atoms with Crippen molar-refractivity contribution in [3.63, 3.8) is 0 Å². The molecule has 2 aliphatic rings. The topological polar surface area (TPSA) is 67.6 Å². The standard InChI is InChI=1S/C20H18F3NO4/c21-20(22,23)12-3-4-14-15(25)8-13(28-16(14)7-12)11-24-17(26)9-19(10-18(24)27)5-1-2-6-19/h3-4,7-8H,1-2,5-6,9-11H2. The second-order valence-corrected chi connectivity index (χ2v) is 7.72. The number of piperidine rings is 1. The average Bonchev–Trinajstić information content (AvgIpc) is 3.04. The molecule has 1 aromatic carbocycles. The van der Waals surface area contributed by atoms with Crippen LogP contribution in [0.25, 0.3) is 11.0 Å². The van der Waals surface area contributed by atoms with E-state index in [1.165, 1.54) is 0 Å². The van der Waals surface area contributed by atoms with Crippen LogP contribution in [0.4, 0.5) is 13.2 Å². The maximum absolute atomic E-state index is 12.9. The van der Waals surface area contributed by atoms with Crippen molar-refractivity contribution in [3.05, 3.63) is 45.8 Å². The molecule has 28 heavy (non-hydrogen) atoms. The number of halogens is 3. The summed E-state index contributed by atoms with van der Waals surface area (Å²) in [6, 6.07) is 3.76. The van der Waals surface area contributed by atoms with Gasteiger partial charge in [-0.25, -0.2) is 0 Å². The van der Waals surface area contributed by atoms with Gasteiger partial charge in [-0.3, -0.25) is 19.3 Å². The van der Waals surface area contributed by atoms with E-state index in [2.05, 4.69) is 0 Å². The fourth-order valence-electron chi connectivity index (χ4n) is 4.30. The van der Waals surface area contributed by atoms with Crippen molar-refractivity contribution in [1.82, 2.24) is 4.90 Å². The fraction of sp³-hybridized carbons (Fsp3) is 0.450. The van der Waals surface area contributed by atoms with Gasteiger partial charge < -0.3 is 4.42 Å². The first kappa shape index (κ1) is 18.7. The Hall–Kier alpha value is -2.64. The van der Waals surface area contributed by atoms with Crippen LogP contribution >= 0.6 is 0 Å². The molecular weight excluding hydrogens is 375 g/mol. The number of hydrogen-bond donors (Lipinski definition) is 0. The zero-order valence-electron chi connectivity index (χ0n) is 15.0. The van der Waals surface area contributed by atoms with Crippen LogP contribution in [0.3, 0.4) is 0 Å². The highest BCUT2D eigenvalue weighted by atomic mass is 19.4. The molecule has 2 amide bonds. The van der Waals surface area contributed by atoms with Crippen molar-refractivity contribution in [1.29, 1.82) is 0 Å². The van der Waals surface area contributed by atoms with Crippen molar-refractivity contribution in [2.45, 2.75) is 51.2 Å². The maximum atomic E-state index is 12.9. The van der Waals surface area contributed by atoms with Crippen LogP contribution in [-0.2, 0) is 22.3 Å². The Morgan fingerprint density at radius 2 is 1.64 bits per heavy atom. The van der Waals surface area contributed by atoms with Gasteiger partial charge >= 0.3 is 6.18 Å². The van der Waals surface area contributed by atoms with Gasteiger partial charge in [-0.05, 0) is 36.5 Å². The summed E-state index contributed by atoms with van der Waals surface area (Å²) in [5, 5.41) is 0.0120. The number of carbonyl (C=O) groups excluding carboxylic acids is 2. The summed E-state index contributed by atoms with van der Waals surface area (Å²) in [6.45, 7) is -0.255. The molecular formula is C20H18F3NO4. The predicted octanol–water partition coefficient (Wildman–Crippen LogP) is 4.02. The number of rotatable bonds is 2. The summed E-state index contributed by atoms with van der Waals surface area (Å²) in [5.74, 6) is -0.671. The van der Waals surface area contributed by atoms with Crippen molar-refractivity contribution < 1.29 is 27.2 Å². The van der Waals surface area contributed by atoms with E-state index in [-0.39, 0.29) is 53.3 Å². The normalized spacial score (nSPS) is 19.8. The van der Waals surface area contributed by atoms with Crippen LogP contribution in [0, 0.1) is 5.41 Å². The molecule has 0 atom stereocenters. The number of nitrogens with zero attached hydrogens (tertiary/aromatic N) is 1. The van der Waals surface area contributed by atoms with Crippen LogP contribution in [0.1, 0.15) is 49.8 Å². The first-order valence-corrected chi connectivity index (χ1v) is 9.14. The average molecular weight is 393 g/mol. The van der Waals surface area contributed by atoms with Crippen LogP contribution in [0.5, 0.6) is 0 Å². The Balaban J connectivity index is 1.63. The van der Waals surface area contributed by atoms with Gasteiger partial charge in [-0.1, -0.05) is 12.8 Å². The van der Waals surface area contributed by atoms with Crippen molar-refractivity contribution >= 4 is 22.8 Å². The molecule has 2 fully saturated rings. The lowest BCUT2D eigenvalue weighted by atomic mass is 9.76. The van der Waals surface area contributed by atoms with E-state index in [9.17, 15) is 27.6 Å². The fourth-order valence-corrected chi connectivity index (χ4v) is 4.30. The minimum atomic E-state index is -4.57. The molecule has 5 nitrogen and oxygen atoms in total. The number of fused-ring (bicyclic) bond motifs is 1. The second-order valence-electron chi connectivity index (χ2n) is 7.72. The van der Waals surface area contributed by atoms with E-state index >= 15 is 0 Å². The molecule has 0 bridgehead atoms. The van der Waals surface area contributed by atoms with Gasteiger partial charge in [-0.2, -0.15) is 13.2 Å². The van der Waals surface area contributed by atoms with Gasteiger partial charge in [0.05, 0.1) is 17.5 Å². The summed E-state index contributed by atoms with van der Waals surface area (Å²) in [6.07, 6.45) is -0.322. The van der Waals surface area contributed by atoms with Gasteiger partial charge in [0.1, 0.15) is 11.3 Å². The minimum absolute atomic E-state index is 0.0120. The van der Waals surface area contributed by atoms with Gasteiger partial charge in [0.25, 0.3) is 0 Å². The first-order valence-electron chi connectivity index (χ1n) is 9.14. The Morgan fingerprint density at radius 3 is 2.25 bits per heavy atom. The molecule has 1 aromatic heterocycles. The van der Waals surface area contributed by atoms with Crippen molar-refractivity contribution in [2.75, 3.05) is 0 Å². The van der Waals surface area contributed by atoms with Crippen molar-refractivity contribution in [2.24, 2.45) is 5.41 Å². The minimum Gasteiger partial charge on any atom is -0.459 e. The van der Waals surface area contributed by atoms with Crippen LogP contribution in [-0.4, -0.2) is 16.7 Å². The van der Waals surface area contributed by atoms with Gasteiger partial charge in [-0.15, -0.1) is 0 Å². The lowest BCUT2D eigenvalue weighted by Gasteiger charge is -2.37. The Bertz CT molecular complexity index is 998. The van der Waals surface area contributed by atoms with Gasteiger partial charge in [0, 0.05) is 18.9 Å². The summed E-state index contributed by atoms with van der Waals surface area (Å²) in [5.41, 5.74) is -1.93. The van der Waals surface area contributed by atoms with E-state index in [1.807, 2.05) is 0 Å². The highest BCUT2D eigenvalue weighted by molar-refractivity contribution is 5.98. The Kier molecular flexibility index (Phi) is 4.32. The molecule has 4 rings (SSSR count). The lowest BCUT2D eigenvalue weighted by Crippen LogP contribution is -2.46. The number of alkyl halides is 3. The molecule has 0 radical (unpaired) electrons. The molecule has 8 heteroatoms. The molecule has 1 saturated heterocycles. The second kappa shape index (κ2) is 6.46. The molecule has 1 aliphatic heterocycles. The zero-order chi connectivity index (χ0) is 20.1. The number of imide groups is 1. The molecule has 0 N–H and O–H groups in total. The summed E-state index contributed by atoms with van der Waals surface area (Å²) >= 11 is 0. The number of benzene rings is 1. The molecule has 1 spiro atoms. The molecule has 1 aliphatic carbocycles. The highest BCUT2D eigenvalue weighted by Gasteiger charge is 2.45. The third-order valence-corrected chi connectivity index (χ3v) is 5.74. The molecule has 148 valence electrons. The third kappa shape index (κ3) is 3.31. The lowest BCUT2D eigenvalue weighted by molar-refractivity contribution is -0.154. The molecule has 1 saturated carbocycles. The number of carbonyl (C=O) groups is 2. The number of likely N-dealkylation sites (tertiary alicyclic amines) is 1. The maximum Gasteiger partial charge on any atom is 0.416 e. The summed E-state index contributed by atoms with van der Waals surface area (Å²) < 4.78 is 44.2. The van der Waals surface area contributed by atoms with E-state index in [0.29, 0.717) is 0 Å². The van der Waals surface area contributed by atoms with Crippen LogP contribution in [0.2, 0.25) is 0 Å². The molecule has 2 aromatic rings.